The van der Waals surface area contributed by atoms with Crippen molar-refractivity contribution in [2.75, 3.05) is 0 Å². The number of ketones is 1. The molecule has 3 nitrogen and oxygen atoms in total. The molecule has 3 heteroatoms. The number of aryl methyl sites for hydroxylation is 1. The first-order chi connectivity index (χ1) is 10.1. The fourth-order valence-electron chi connectivity index (χ4n) is 2.62. The van der Waals surface area contributed by atoms with E-state index in [4.69, 9.17) is 0 Å². The molecule has 0 unspecified atom stereocenters. The highest BCUT2D eigenvalue weighted by Gasteiger charge is 2.18. The highest BCUT2D eigenvalue weighted by Crippen LogP contribution is 2.27. The molecule has 0 N–H and O–H groups in total. The third-order valence-corrected chi connectivity index (χ3v) is 3.74. The molecule has 3 rings (SSSR count). The average Bonchev–Trinajstić information content (AvgIpc) is 2.86. The predicted octanol–water partition coefficient (Wildman–Crippen LogP) is 4.17. The number of aromatic nitrogens is 2. The van der Waals surface area contributed by atoms with Gasteiger partial charge in [-0.25, -0.2) is 0 Å². The number of nitrogens with zero attached hydrogens (tertiary/aromatic N) is 2. The molecule has 0 amide bonds. The molecule has 0 atom stereocenters. The predicted molar refractivity (Wildman–Crippen MR) is 85.0 cm³/mol. The monoisotopic (exact) mass is 278 g/mol. The van der Waals surface area contributed by atoms with Gasteiger partial charge in [0, 0.05) is 29.3 Å². The smallest absolute Gasteiger partial charge is 0.167 e. The van der Waals surface area contributed by atoms with Crippen LogP contribution in [0.1, 0.15) is 29.9 Å². The molecule has 0 saturated heterocycles. The standard InChI is InChI=1S/C18H18N2O/c1-12(2)18(21)15-11-20(16-9-6-10-19-13(16)3)17-8-5-4-7-14(15)17/h4-12H,1-3H3. The van der Waals surface area contributed by atoms with Crippen LogP contribution in [-0.4, -0.2) is 15.3 Å². The molecule has 2 heterocycles. The van der Waals surface area contributed by atoms with Crippen molar-refractivity contribution in [2.45, 2.75) is 20.8 Å². The van der Waals surface area contributed by atoms with Crippen molar-refractivity contribution in [1.82, 2.24) is 9.55 Å². The van der Waals surface area contributed by atoms with Crippen LogP contribution in [-0.2, 0) is 0 Å². The third-order valence-electron chi connectivity index (χ3n) is 3.74. The number of fused-ring (bicyclic) bond motifs is 1. The molecule has 1 aromatic carbocycles. The first-order valence-corrected chi connectivity index (χ1v) is 7.16. The van der Waals surface area contributed by atoms with Gasteiger partial charge in [-0.3, -0.25) is 9.78 Å². The molecule has 3 aromatic rings. The lowest BCUT2D eigenvalue weighted by Gasteiger charge is -2.07. The molecule has 0 aliphatic carbocycles. The number of hydrogen-bond acceptors (Lipinski definition) is 2. The fraction of sp³-hybridized carbons (Fsp3) is 0.222. The third kappa shape index (κ3) is 2.25. The van der Waals surface area contributed by atoms with Crippen molar-refractivity contribution < 1.29 is 4.79 Å². The van der Waals surface area contributed by atoms with Gasteiger partial charge in [0.05, 0.1) is 16.9 Å². The lowest BCUT2D eigenvalue weighted by Crippen LogP contribution is -2.06. The Balaban J connectivity index is 2.30. The van der Waals surface area contributed by atoms with E-state index in [-0.39, 0.29) is 11.7 Å². The zero-order valence-corrected chi connectivity index (χ0v) is 12.5. The molecule has 106 valence electrons. The first-order valence-electron chi connectivity index (χ1n) is 7.16. The van der Waals surface area contributed by atoms with E-state index in [0.717, 1.165) is 27.8 Å². The SMILES string of the molecule is Cc1ncccc1-n1cc(C(=O)C(C)C)c2ccccc21. The number of rotatable bonds is 3. The van der Waals surface area contributed by atoms with E-state index in [1.165, 1.54) is 0 Å². The van der Waals surface area contributed by atoms with Gasteiger partial charge in [-0.15, -0.1) is 0 Å². The van der Waals surface area contributed by atoms with Crippen LogP contribution in [0.4, 0.5) is 0 Å². The number of pyridine rings is 1. The molecule has 21 heavy (non-hydrogen) atoms. The Kier molecular flexibility index (Phi) is 3.34. The summed E-state index contributed by atoms with van der Waals surface area (Å²) in [5, 5.41) is 0.999. The van der Waals surface area contributed by atoms with Crippen LogP contribution in [0, 0.1) is 12.8 Å². The zero-order chi connectivity index (χ0) is 15.0. The van der Waals surface area contributed by atoms with Crippen molar-refractivity contribution in [3.63, 3.8) is 0 Å². The van der Waals surface area contributed by atoms with E-state index in [1.54, 1.807) is 6.20 Å². The van der Waals surface area contributed by atoms with Gasteiger partial charge in [-0.1, -0.05) is 32.0 Å². The van der Waals surface area contributed by atoms with E-state index < -0.39 is 0 Å². The number of hydrogen-bond donors (Lipinski definition) is 0. The van der Waals surface area contributed by atoms with E-state index in [0.29, 0.717) is 0 Å². The summed E-state index contributed by atoms with van der Waals surface area (Å²) >= 11 is 0. The fourth-order valence-corrected chi connectivity index (χ4v) is 2.62. The Hall–Kier alpha value is -2.42. The summed E-state index contributed by atoms with van der Waals surface area (Å²) in [4.78, 5) is 16.8. The normalized spacial score (nSPS) is 11.2. The number of carbonyl (C=O) groups is 1. The summed E-state index contributed by atoms with van der Waals surface area (Å²) in [6.45, 7) is 5.85. The Bertz CT molecular complexity index is 815. The first kappa shape index (κ1) is 13.6. The highest BCUT2D eigenvalue weighted by molar-refractivity contribution is 6.09. The Morgan fingerprint density at radius 1 is 1.14 bits per heavy atom. The second-order valence-corrected chi connectivity index (χ2v) is 5.56. The van der Waals surface area contributed by atoms with E-state index >= 15 is 0 Å². The lowest BCUT2D eigenvalue weighted by atomic mass is 10.0. The van der Waals surface area contributed by atoms with Crippen LogP contribution in [0.25, 0.3) is 16.6 Å². The number of Topliss-reactive ketones (excluding diaryl/α,β-unsaturated/α-hetero) is 1. The van der Waals surface area contributed by atoms with Gasteiger partial charge in [-0.2, -0.15) is 0 Å². The summed E-state index contributed by atoms with van der Waals surface area (Å²) in [6, 6.07) is 12.0. The van der Waals surface area contributed by atoms with Crippen molar-refractivity contribution >= 4 is 16.7 Å². The van der Waals surface area contributed by atoms with Crippen LogP contribution in [0.15, 0.2) is 48.8 Å². The van der Waals surface area contributed by atoms with Crippen LogP contribution >= 0.6 is 0 Å². The Morgan fingerprint density at radius 2 is 1.90 bits per heavy atom. The van der Waals surface area contributed by atoms with Crippen LogP contribution in [0.2, 0.25) is 0 Å². The number of para-hydroxylation sites is 1. The topological polar surface area (TPSA) is 34.9 Å². The van der Waals surface area contributed by atoms with Gasteiger partial charge < -0.3 is 4.57 Å². The highest BCUT2D eigenvalue weighted by atomic mass is 16.1. The minimum Gasteiger partial charge on any atom is -0.314 e. The van der Waals surface area contributed by atoms with Gasteiger partial charge in [0.25, 0.3) is 0 Å². The maximum atomic E-state index is 12.5. The van der Waals surface area contributed by atoms with E-state index in [2.05, 4.69) is 9.55 Å². The maximum absolute atomic E-state index is 12.5. The molecule has 0 aliphatic heterocycles. The minimum absolute atomic E-state index is 0.0146. The minimum atomic E-state index is -0.0146. The van der Waals surface area contributed by atoms with Gasteiger partial charge in [-0.05, 0) is 25.1 Å². The summed E-state index contributed by atoms with van der Waals surface area (Å²) in [5.41, 5.74) is 3.78. The van der Waals surface area contributed by atoms with Crippen LogP contribution in [0.3, 0.4) is 0 Å². The second-order valence-electron chi connectivity index (χ2n) is 5.56. The van der Waals surface area contributed by atoms with Gasteiger partial charge in [0.1, 0.15) is 0 Å². The van der Waals surface area contributed by atoms with E-state index in [9.17, 15) is 4.79 Å². The summed E-state index contributed by atoms with van der Waals surface area (Å²) in [6.07, 6.45) is 3.72. The molecule has 0 spiro atoms. The van der Waals surface area contributed by atoms with Crippen molar-refractivity contribution in [3.05, 3.63) is 60.0 Å². The van der Waals surface area contributed by atoms with Crippen molar-refractivity contribution in [3.8, 4) is 5.69 Å². The maximum Gasteiger partial charge on any atom is 0.167 e. The second kappa shape index (κ2) is 5.17. The molecule has 0 radical (unpaired) electrons. The molecular formula is C18H18N2O. The average molecular weight is 278 g/mol. The molecule has 0 saturated carbocycles. The largest absolute Gasteiger partial charge is 0.314 e. The molecular weight excluding hydrogens is 260 g/mol. The summed E-state index contributed by atoms with van der Waals surface area (Å²) in [5.74, 6) is 0.158. The molecule has 0 fully saturated rings. The molecule has 0 aliphatic rings. The van der Waals surface area contributed by atoms with E-state index in [1.807, 2.05) is 63.4 Å². The lowest BCUT2D eigenvalue weighted by molar-refractivity contribution is 0.0941. The van der Waals surface area contributed by atoms with Crippen LogP contribution < -0.4 is 0 Å². The molecule has 0 bridgehead atoms. The number of carbonyl (C=O) groups excluding carboxylic acids is 1. The van der Waals surface area contributed by atoms with Gasteiger partial charge in [0.15, 0.2) is 5.78 Å². The number of benzene rings is 1. The van der Waals surface area contributed by atoms with Gasteiger partial charge in [0.2, 0.25) is 0 Å². The summed E-state index contributed by atoms with van der Waals surface area (Å²) < 4.78 is 2.06. The van der Waals surface area contributed by atoms with Gasteiger partial charge >= 0.3 is 0 Å². The quantitative estimate of drug-likeness (QED) is 0.674. The summed E-state index contributed by atoms with van der Waals surface area (Å²) in [7, 11) is 0. The molecule has 2 aromatic heterocycles. The van der Waals surface area contributed by atoms with Crippen molar-refractivity contribution in [1.29, 1.82) is 0 Å². The van der Waals surface area contributed by atoms with Crippen molar-refractivity contribution in [2.24, 2.45) is 5.92 Å². The van der Waals surface area contributed by atoms with Crippen LogP contribution in [0.5, 0.6) is 0 Å². The Morgan fingerprint density at radius 3 is 2.62 bits per heavy atom. The Labute approximate surface area is 124 Å². The zero-order valence-electron chi connectivity index (χ0n) is 12.5.